The highest BCUT2D eigenvalue weighted by Crippen LogP contribution is 1.79. The number of allylic oxidation sites excluding steroid dienone is 1. The van der Waals surface area contributed by atoms with Crippen molar-refractivity contribution in [2.45, 2.75) is 26.7 Å². The van der Waals surface area contributed by atoms with Gasteiger partial charge in [-0.25, -0.2) is 0 Å². The summed E-state index contributed by atoms with van der Waals surface area (Å²) in [5.41, 5.74) is 0. The quantitative estimate of drug-likeness (QED) is 0.594. The number of carbonyl (C=O) groups is 1. The predicted molar refractivity (Wildman–Crippen MR) is 41.8 cm³/mol. The SMILES string of the molecule is C=CC.CCCC(=O)[O-].[NH4+]. The fourth-order valence-corrected chi connectivity index (χ4v) is 0.204. The van der Waals surface area contributed by atoms with Crippen LogP contribution in [0.5, 0.6) is 0 Å². The number of hydrogen-bond acceptors (Lipinski definition) is 2. The van der Waals surface area contributed by atoms with Crippen molar-refractivity contribution in [1.29, 1.82) is 0 Å². The molecule has 0 amide bonds. The summed E-state index contributed by atoms with van der Waals surface area (Å²) in [6.45, 7) is 7.05. The Morgan fingerprint density at radius 3 is 2.00 bits per heavy atom. The first-order valence-corrected chi connectivity index (χ1v) is 2.95. The van der Waals surface area contributed by atoms with Crippen LogP contribution < -0.4 is 11.3 Å². The molecule has 0 spiro atoms. The van der Waals surface area contributed by atoms with Crippen molar-refractivity contribution in [2.24, 2.45) is 0 Å². The van der Waals surface area contributed by atoms with Crippen LogP contribution in [0.25, 0.3) is 0 Å². The van der Waals surface area contributed by atoms with Gasteiger partial charge in [0.2, 0.25) is 0 Å². The molecule has 0 aliphatic carbocycles. The van der Waals surface area contributed by atoms with Crippen LogP contribution in [0.3, 0.4) is 0 Å². The molecule has 0 saturated carbocycles. The van der Waals surface area contributed by atoms with E-state index in [9.17, 15) is 9.90 Å². The predicted octanol–water partition coefficient (Wildman–Crippen LogP) is 1.10. The second-order valence-electron chi connectivity index (χ2n) is 1.53. The molecule has 0 rings (SSSR count). The molecule has 0 heterocycles. The summed E-state index contributed by atoms with van der Waals surface area (Å²) in [6, 6.07) is 0. The zero-order valence-corrected chi connectivity index (χ0v) is 7.02. The normalized spacial score (nSPS) is 6.20. The van der Waals surface area contributed by atoms with E-state index in [0.717, 1.165) is 0 Å². The van der Waals surface area contributed by atoms with Crippen LogP contribution in [-0.2, 0) is 4.79 Å². The molecule has 3 nitrogen and oxygen atoms in total. The fourth-order valence-electron chi connectivity index (χ4n) is 0.204. The molecule has 0 unspecified atom stereocenters. The molecule has 3 heteroatoms. The summed E-state index contributed by atoms with van der Waals surface area (Å²) in [5, 5.41) is 9.49. The van der Waals surface area contributed by atoms with Crippen molar-refractivity contribution in [3.8, 4) is 0 Å². The number of aliphatic carboxylic acids is 1. The van der Waals surface area contributed by atoms with Crippen LogP contribution >= 0.6 is 0 Å². The van der Waals surface area contributed by atoms with Crippen molar-refractivity contribution in [1.82, 2.24) is 6.15 Å². The monoisotopic (exact) mass is 147 g/mol. The molecule has 0 atom stereocenters. The minimum absolute atomic E-state index is 0. The molecule has 4 N–H and O–H groups in total. The Morgan fingerprint density at radius 2 is 2.00 bits per heavy atom. The highest BCUT2D eigenvalue weighted by Gasteiger charge is 1.75. The van der Waals surface area contributed by atoms with Gasteiger partial charge in [-0.15, -0.1) is 6.58 Å². The lowest BCUT2D eigenvalue weighted by atomic mass is 10.4. The van der Waals surface area contributed by atoms with Gasteiger partial charge in [-0.1, -0.05) is 19.4 Å². The van der Waals surface area contributed by atoms with Crippen LogP contribution in [0.1, 0.15) is 26.7 Å². The maximum Gasteiger partial charge on any atom is 0.0414 e. The van der Waals surface area contributed by atoms with Gasteiger partial charge in [-0.2, -0.15) is 0 Å². The molecule has 0 fully saturated rings. The van der Waals surface area contributed by atoms with Gasteiger partial charge in [-0.3, -0.25) is 0 Å². The van der Waals surface area contributed by atoms with E-state index in [1.165, 1.54) is 0 Å². The lowest BCUT2D eigenvalue weighted by molar-refractivity contribution is -0.305. The molecule has 0 saturated heterocycles. The first-order chi connectivity index (χ1) is 4.18. The van der Waals surface area contributed by atoms with E-state index >= 15 is 0 Å². The van der Waals surface area contributed by atoms with Crippen LogP contribution in [-0.4, -0.2) is 5.97 Å². The van der Waals surface area contributed by atoms with Crippen molar-refractivity contribution < 1.29 is 9.90 Å². The topological polar surface area (TPSA) is 76.6 Å². The first-order valence-electron chi connectivity index (χ1n) is 2.95. The maximum absolute atomic E-state index is 9.49. The van der Waals surface area contributed by atoms with Gasteiger partial charge >= 0.3 is 0 Å². The van der Waals surface area contributed by atoms with Crippen molar-refractivity contribution >= 4 is 5.97 Å². The Bertz CT molecular complexity index is 81.7. The van der Waals surface area contributed by atoms with Crippen LogP contribution in [0.2, 0.25) is 0 Å². The number of carboxylic acids is 1. The second kappa shape index (κ2) is 15.7. The Balaban J connectivity index is -0.000000107. The average Bonchev–Trinajstić information content (AvgIpc) is 1.67. The van der Waals surface area contributed by atoms with Crippen molar-refractivity contribution in [2.75, 3.05) is 0 Å². The van der Waals surface area contributed by atoms with Crippen LogP contribution in [0.4, 0.5) is 0 Å². The van der Waals surface area contributed by atoms with E-state index in [1.807, 2.05) is 6.92 Å². The Morgan fingerprint density at radius 1 is 1.70 bits per heavy atom. The molecule has 62 valence electrons. The summed E-state index contributed by atoms with van der Waals surface area (Å²) < 4.78 is 0. The molecule has 0 aromatic rings. The van der Waals surface area contributed by atoms with E-state index in [0.29, 0.717) is 6.42 Å². The smallest absolute Gasteiger partial charge is 0.0414 e. The van der Waals surface area contributed by atoms with Gasteiger partial charge in [-0.05, 0) is 13.3 Å². The Labute approximate surface area is 62.3 Å². The van der Waals surface area contributed by atoms with E-state index < -0.39 is 5.97 Å². The van der Waals surface area contributed by atoms with E-state index in [4.69, 9.17) is 0 Å². The van der Waals surface area contributed by atoms with E-state index in [-0.39, 0.29) is 12.6 Å². The summed E-state index contributed by atoms with van der Waals surface area (Å²) in [4.78, 5) is 9.49. The summed E-state index contributed by atoms with van der Waals surface area (Å²) in [6.07, 6.45) is 2.60. The first kappa shape index (κ1) is 16.1. The third-order valence-electron chi connectivity index (χ3n) is 0.454. The zero-order valence-electron chi connectivity index (χ0n) is 7.02. The molecule has 0 aliphatic heterocycles. The van der Waals surface area contributed by atoms with Gasteiger partial charge in [0, 0.05) is 5.97 Å². The van der Waals surface area contributed by atoms with E-state index in [1.54, 1.807) is 13.0 Å². The Kier molecular flexibility index (Phi) is 25.3. The molecular weight excluding hydrogens is 130 g/mol. The van der Waals surface area contributed by atoms with Gasteiger partial charge in [0.1, 0.15) is 0 Å². The largest absolute Gasteiger partial charge is 0.550 e. The lowest BCUT2D eigenvalue weighted by Crippen LogP contribution is -2.20. The van der Waals surface area contributed by atoms with Crippen LogP contribution in [0.15, 0.2) is 12.7 Å². The summed E-state index contributed by atoms with van der Waals surface area (Å²) >= 11 is 0. The molecule has 0 radical (unpaired) electrons. The number of carbonyl (C=O) groups excluding carboxylic acids is 1. The minimum atomic E-state index is -0.961. The molecule has 0 aliphatic rings. The number of quaternary nitrogens is 1. The minimum Gasteiger partial charge on any atom is -0.550 e. The van der Waals surface area contributed by atoms with Gasteiger partial charge in [0.15, 0.2) is 0 Å². The second-order valence-corrected chi connectivity index (χ2v) is 1.53. The zero-order chi connectivity index (χ0) is 7.70. The highest BCUT2D eigenvalue weighted by molar-refractivity contribution is 5.63. The average molecular weight is 147 g/mol. The summed E-state index contributed by atoms with van der Waals surface area (Å²) in [5.74, 6) is -0.961. The highest BCUT2D eigenvalue weighted by atomic mass is 16.4. The third kappa shape index (κ3) is 58.0. The molecular formula is C7H17NO2. The van der Waals surface area contributed by atoms with Crippen molar-refractivity contribution in [3.05, 3.63) is 12.7 Å². The molecule has 0 aromatic carbocycles. The maximum atomic E-state index is 9.49. The number of hydrogen-bond donors (Lipinski definition) is 1. The fraction of sp³-hybridized carbons (Fsp3) is 0.571. The summed E-state index contributed by atoms with van der Waals surface area (Å²) in [7, 11) is 0. The third-order valence-corrected chi connectivity index (χ3v) is 0.454. The van der Waals surface area contributed by atoms with Gasteiger partial charge < -0.3 is 16.1 Å². The molecule has 0 aromatic heterocycles. The lowest BCUT2D eigenvalue weighted by Gasteiger charge is -1.92. The van der Waals surface area contributed by atoms with Crippen molar-refractivity contribution in [3.63, 3.8) is 0 Å². The number of rotatable bonds is 2. The number of carboxylic acid groups (broad SMARTS) is 1. The van der Waals surface area contributed by atoms with Crippen LogP contribution in [0, 0.1) is 0 Å². The molecule has 0 bridgehead atoms. The standard InChI is InChI=1S/C4H8O2.C3H6.H3N/c1-2-3-4(5)6;1-3-2;/h2-3H2,1H3,(H,5,6);3H,1H2,2H3;1H3. The van der Waals surface area contributed by atoms with Gasteiger partial charge in [0.25, 0.3) is 0 Å². The van der Waals surface area contributed by atoms with E-state index in [2.05, 4.69) is 6.58 Å². The molecule has 10 heavy (non-hydrogen) atoms. The van der Waals surface area contributed by atoms with Gasteiger partial charge in [0.05, 0.1) is 0 Å². The Hall–Kier alpha value is -0.830.